The Kier molecular flexibility index (Phi) is 5.48. The average molecular weight is 284 g/mol. The zero-order valence-corrected chi connectivity index (χ0v) is 12.4. The number of rotatable bonds is 6. The van der Waals surface area contributed by atoms with Gasteiger partial charge >= 0.3 is 0 Å². The van der Waals surface area contributed by atoms with Crippen LogP contribution in [-0.4, -0.2) is 18.0 Å². The van der Waals surface area contributed by atoms with Gasteiger partial charge in [-0.1, -0.05) is 13.8 Å². The quantitative estimate of drug-likeness (QED) is 0.836. The lowest BCUT2D eigenvalue weighted by Crippen LogP contribution is -2.45. The summed E-state index contributed by atoms with van der Waals surface area (Å²) < 4.78 is 27.5. The van der Waals surface area contributed by atoms with Crippen LogP contribution in [0.4, 0.5) is 14.5 Å². The van der Waals surface area contributed by atoms with Gasteiger partial charge in [-0.15, -0.1) is 0 Å². The van der Waals surface area contributed by atoms with Crippen LogP contribution in [0.3, 0.4) is 0 Å². The summed E-state index contributed by atoms with van der Waals surface area (Å²) in [5, 5.41) is 5.42. The Balaban J connectivity index is 3.01. The highest BCUT2D eigenvalue weighted by atomic mass is 19.1. The maximum Gasteiger partial charge on any atom is 0.251 e. The second-order valence-electron chi connectivity index (χ2n) is 5.07. The van der Waals surface area contributed by atoms with Gasteiger partial charge in [-0.2, -0.15) is 0 Å². The lowest BCUT2D eigenvalue weighted by Gasteiger charge is -2.28. The summed E-state index contributed by atoms with van der Waals surface area (Å²) in [5.74, 6) is -1.98. The van der Waals surface area contributed by atoms with Gasteiger partial charge in [0.15, 0.2) is 0 Å². The van der Waals surface area contributed by atoms with Gasteiger partial charge in [0.05, 0.1) is 0 Å². The smallest absolute Gasteiger partial charge is 0.251 e. The molecule has 1 aromatic carbocycles. The Morgan fingerprint density at radius 2 is 1.65 bits per heavy atom. The fourth-order valence-corrected chi connectivity index (χ4v) is 1.82. The van der Waals surface area contributed by atoms with Gasteiger partial charge in [-0.05, 0) is 38.8 Å². The molecule has 0 saturated heterocycles. The van der Waals surface area contributed by atoms with Gasteiger partial charge in [0, 0.05) is 17.6 Å². The van der Waals surface area contributed by atoms with E-state index >= 15 is 0 Å². The summed E-state index contributed by atoms with van der Waals surface area (Å²) in [6.45, 7) is 7.97. The summed E-state index contributed by atoms with van der Waals surface area (Å²) in [4.78, 5) is 12.1. The van der Waals surface area contributed by atoms with Crippen LogP contribution in [0.15, 0.2) is 12.1 Å². The SMILES string of the molecule is CCNc1c(F)cc(C(=O)NC(C)(CC)CC)cc1F. The Labute approximate surface area is 118 Å². The Bertz CT molecular complexity index is 462. The molecule has 5 heteroatoms. The minimum Gasteiger partial charge on any atom is -0.381 e. The standard InChI is InChI=1S/C15H22F2N2O/c1-5-15(4,6-2)19-14(20)10-8-11(16)13(18-7-3)12(17)9-10/h8-9,18H,5-7H2,1-4H3,(H,19,20). The van der Waals surface area contributed by atoms with Crippen LogP contribution in [0.5, 0.6) is 0 Å². The van der Waals surface area contributed by atoms with Crippen LogP contribution >= 0.6 is 0 Å². The number of carbonyl (C=O) groups is 1. The van der Waals surface area contributed by atoms with Gasteiger partial charge in [0.2, 0.25) is 0 Å². The van der Waals surface area contributed by atoms with E-state index in [9.17, 15) is 13.6 Å². The Morgan fingerprint density at radius 1 is 1.15 bits per heavy atom. The number of amides is 1. The molecule has 0 aliphatic carbocycles. The molecule has 1 amide bonds. The van der Waals surface area contributed by atoms with E-state index in [1.54, 1.807) is 6.92 Å². The maximum atomic E-state index is 13.8. The topological polar surface area (TPSA) is 41.1 Å². The zero-order valence-electron chi connectivity index (χ0n) is 12.4. The first-order valence-corrected chi connectivity index (χ1v) is 6.92. The van der Waals surface area contributed by atoms with Gasteiger partial charge in [-0.3, -0.25) is 4.79 Å². The van der Waals surface area contributed by atoms with Crippen molar-refractivity contribution in [3.05, 3.63) is 29.3 Å². The average Bonchev–Trinajstić information content (AvgIpc) is 2.42. The maximum absolute atomic E-state index is 13.8. The van der Waals surface area contributed by atoms with Crippen LogP contribution in [0.25, 0.3) is 0 Å². The second kappa shape index (κ2) is 6.68. The molecule has 1 aromatic rings. The van der Waals surface area contributed by atoms with E-state index in [1.807, 2.05) is 20.8 Å². The highest BCUT2D eigenvalue weighted by Gasteiger charge is 2.23. The first-order chi connectivity index (χ1) is 9.36. The van der Waals surface area contributed by atoms with E-state index in [-0.39, 0.29) is 16.8 Å². The first-order valence-electron chi connectivity index (χ1n) is 6.92. The fourth-order valence-electron chi connectivity index (χ4n) is 1.82. The van der Waals surface area contributed by atoms with Crippen LogP contribution in [0, 0.1) is 11.6 Å². The summed E-state index contributed by atoms with van der Waals surface area (Å²) in [6.07, 6.45) is 1.49. The zero-order chi connectivity index (χ0) is 15.3. The molecule has 0 atom stereocenters. The van der Waals surface area contributed by atoms with Crippen molar-refractivity contribution in [1.29, 1.82) is 0 Å². The second-order valence-corrected chi connectivity index (χ2v) is 5.07. The highest BCUT2D eigenvalue weighted by Crippen LogP contribution is 2.22. The third-order valence-corrected chi connectivity index (χ3v) is 3.63. The van der Waals surface area contributed by atoms with Crippen molar-refractivity contribution < 1.29 is 13.6 Å². The Morgan fingerprint density at radius 3 is 2.05 bits per heavy atom. The fraction of sp³-hybridized carbons (Fsp3) is 0.533. The van der Waals surface area contributed by atoms with E-state index in [0.29, 0.717) is 6.54 Å². The van der Waals surface area contributed by atoms with E-state index < -0.39 is 17.5 Å². The van der Waals surface area contributed by atoms with Crippen LogP contribution < -0.4 is 10.6 Å². The lowest BCUT2D eigenvalue weighted by atomic mass is 9.95. The molecule has 0 fully saturated rings. The first kappa shape index (κ1) is 16.4. The molecule has 0 saturated carbocycles. The number of hydrogen-bond acceptors (Lipinski definition) is 2. The molecular formula is C15H22F2N2O. The monoisotopic (exact) mass is 284 g/mol. The minimum absolute atomic E-state index is 0.00484. The van der Waals surface area contributed by atoms with E-state index in [2.05, 4.69) is 10.6 Å². The van der Waals surface area contributed by atoms with Crippen LogP contribution in [-0.2, 0) is 0 Å². The van der Waals surface area contributed by atoms with Crippen molar-refractivity contribution in [3.63, 3.8) is 0 Å². The molecule has 0 bridgehead atoms. The molecule has 0 aliphatic rings. The van der Waals surface area contributed by atoms with Crippen molar-refractivity contribution in [1.82, 2.24) is 5.32 Å². The lowest BCUT2D eigenvalue weighted by molar-refractivity contribution is 0.0900. The van der Waals surface area contributed by atoms with E-state index in [4.69, 9.17) is 0 Å². The molecular weight excluding hydrogens is 262 g/mol. The summed E-state index contributed by atoms with van der Waals surface area (Å²) in [5.41, 5.74) is -0.572. The van der Waals surface area contributed by atoms with Crippen molar-refractivity contribution in [3.8, 4) is 0 Å². The number of anilines is 1. The van der Waals surface area contributed by atoms with Crippen molar-refractivity contribution in [2.75, 3.05) is 11.9 Å². The van der Waals surface area contributed by atoms with Gasteiger partial charge in [0.1, 0.15) is 17.3 Å². The molecule has 0 radical (unpaired) electrons. The third-order valence-electron chi connectivity index (χ3n) is 3.63. The number of benzene rings is 1. The van der Waals surface area contributed by atoms with Gasteiger partial charge < -0.3 is 10.6 Å². The van der Waals surface area contributed by atoms with E-state index in [0.717, 1.165) is 25.0 Å². The molecule has 0 aromatic heterocycles. The van der Waals surface area contributed by atoms with Gasteiger partial charge in [0.25, 0.3) is 5.91 Å². The summed E-state index contributed by atoms with van der Waals surface area (Å²) in [7, 11) is 0. The largest absolute Gasteiger partial charge is 0.381 e. The number of halogens is 2. The third kappa shape index (κ3) is 3.68. The predicted octanol–water partition coefficient (Wildman–Crippen LogP) is 3.71. The molecule has 0 heterocycles. The molecule has 1 rings (SSSR count). The van der Waals surface area contributed by atoms with E-state index in [1.165, 1.54) is 0 Å². The van der Waals surface area contributed by atoms with Crippen molar-refractivity contribution >= 4 is 11.6 Å². The molecule has 0 spiro atoms. The molecule has 2 N–H and O–H groups in total. The van der Waals surface area contributed by atoms with Gasteiger partial charge in [-0.25, -0.2) is 8.78 Å². The highest BCUT2D eigenvalue weighted by molar-refractivity contribution is 5.95. The predicted molar refractivity (Wildman–Crippen MR) is 77.0 cm³/mol. The van der Waals surface area contributed by atoms with Crippen molar-refractivity contribution in [2.24, 2.45) is 0 Å². The molecule has 3 nitrogen and oxygen atoms in total. The van der Waals surface area contributed by atoms with Crippen LogP contribution in [0.2, 0.25) is 0 Å². The number of hydrogen-bond donors (Lipinski definition) is 2. The summed E-state index contributed by atoms with van der Waals surface area (Å²) in [6, 6.07) is 2.12. The molecule has 20 heavy (non-hydrogen) atoms. The molecule has 0 aliphatic heterocycles. The molecule has 112 valence electrons. The van der Waals surface area contributed by atoms with Crippen molar-refractivity contribution in [2.45, 2.75) is 46.1 Å². The summed E-state index contributed by atoms with van der Waals surface area (Å²) >= 11 is 0. The number of nitrogens with one attached hydrogen (secondary N) is 2. The normalized spacial score (nSPS) is 11.3. The van der Waals surface area contributed by atoms with Crippen LogP contribution in [0.1, 0.15) is 50.9 Å². The minimum atomic E-state index is -0.758. The molecule has 0 unspecified atom stereocenters. The number of carbonyl (C=O) groups excluding carboxylic acids is 1. The Hall–Kier alpha value is -1.65.